The Morgan fingerprint density at radius 3 is 2.10 bits per heavy atom. The van der Waals surface area contributed by atoms with Gasteiger partial charge in [-0.05, 0) is 76.0 Å². The first-order chi connectivity index (χ1) is 9.40. The van der Waals surface area contributed by atoms with Gasteiger partial charge in [-0.3, -0.25) is 0 Å². The highest BCUT2D eigenvalue weighted by Gasteiger charge is 2.20. The van der Waals surface area contributed by atoms with E-state index in [9.17, 15) is 0 Å². The molecule has 1 aromatic rings. The quantitative estimate of drug-likeness (QED) is 0.777. The van der Waals surface area contributed by atoms with E-state index in [0.29, 0.717) is 12.1 Å². The van der Waals surface area contributed by atoms with Crippen LogP contribution < -0.4 is 5.32 Å². The van der Waals surface area contributed by atoms with Crippen LogP contribution in [-0.2, 0) is 0 Å². The number of rotatable bonds is 5. The van der Waals surface area contributed by atoms with Gasteiger partial charge in [-0.25, -0.2) is 0 Å². The van der Waals surface area contributed by atoms with Crippen LogP contribution in [0.15, 0.2) is 18.2 Å². The van der Waals surface area contributed by atoms with Gasteiger partial charge < -0.3 is 10.2 Å². The fraction of sp³-hybridized carbons (Fsp3) is 0.588. The average Bonchev–Trinajstić information content (AvgIpc) is 2.42. The van der Waals surface area contributed by atoms with Crippen LogP contribution in [0.5, 0.6) is 0 Å². The molecule has 0 saturated heterocycles. The van der Waals surface area contributed by atoms with E-state index in [2.05, 4.69) is 70.0 Å². The first-order valence-electron chi connectivity index (χ1n) is 7.57. The smallest absolute Gasteiger partial charge is 0.173 e. The van der Waals surface area contributed by atoms with Crippen LogP contribution in [-0.4, -0.2) is 22.1 Å². The second kappa shape index (κ2) is 7.63. The summed E-state index contributed by atoms with van der Waals surface area (Å²) in [6, 6.07) is 7.30. The standard InChI is InChI=1S/C17H28N2S/c1-7-14(5)19(15(6)8-2)17(20)18-16-10-9-12(3)13(4)11-16/h9-11,14-15H,7-8H2,1-6H3,(H,18,20)/t14-,15-/m0/s1. The van der Waals surface area contributed by atoms with Crippen LogP contribution >= 0.6 is 12.2 Å². The number of anilines is 1. The number of aryl methyl sites for hydroxylation is 2. The number of nitrogens with zero attached hydrogens (tertiary/aromatic N) is 1. The summed E-state index contributed by atoms with van der Waals surface area (Å²) in [7, 11) is 0. The van der Waals surface area contributed by atoms with Gasteiger partial charge in [0.25, 0.3) is 0 Å². The van der Waals surface area contributed by atoms with Gasteiger partial charge in [-0.1, -0.05) is 19.9 Å². The minimum atomic E-state index is 0.455. The summed E-state index contributed by atoms with van der Waals surface area (Å²) >= 11 is 5.63. The highest BCUT2D eigenvalue weighted by atomic mass is 32.1. The predicted octanol–water partition coefficient (Wildman–Crippen LogP) is 4.90. The molecule has 0 bridgehead atoms. The normalized spacial score (nSPS) is 13.7. The maximum Gasteiger partial charge on any atom is 0.173 e. The Morgan fingerprint density at radius 1 is 1.10 bits per heavy atom. The Kier molecular flexibility index (Phi) is 6.47. The Morgan fingerprint density at radius 2 is 1.65 bits per heavy atom. The van der Waals surface area contributed by atoms with Gasteiger partial charge in [0.2, 0.25) is 0 Å². The molecule has 0 saturated carbocycles. The van der Waals surface area contributed by atoms with Crippen LogP contribution in [0.2, 0.25) is 0 Å². The molecule has 0 aliphatic rings. The van der Waals surface area contributed by atoms with Gasteiger partial charge in [0.15, 0.2) is 5.11 Å². The van der Waals surface area contributed by atoms with E-state index in [4.69, 9.17) is 12.2 Å². The van der Waals surface area contributed by atoms with Crippen molar-refractivity contribution in [2.75, 3.05) is 5.32 Å². The molecule has 2 nitrogen and oxygen atoms in total. The summed E-state index contributed by atoms with van der Waals surface area (Å²) in [6.07, 6.45) is 2.19. The van der Waals surface area contributed by atoms with Gasteiger partial charge in [-0.15, -0.1) is 0 Å². The molecule has 0 aliphatic heterocycles. The van der Waals surface area contributed by atoms with Crippen molar-refractivity contribution in [1.82, 2.24) is 4.90 Å². The van der Waals surface area contributed by atoms with Crippen molar-refractivity contribution in [3.05, 3.63) is 29.3 Å². The van der Waals surface area contributed by atoms with E-state index >= 15 is 0 Å². The van der Waals surface area contributed by atoms with Crippen molar-refractivity contribution in [2.24, 2.45) is 0 Å². The molecule has 0 fully saturated rings. The summed E-state index contributed by atoms with van der Waals surface area (Å²) in [6.45, 7) is 13.1. The van der Waals surface area contributed by atoms with Gasteiger partial charge >= 0.3 is 0 Å². The first kappa shape index (κ1) is 17.0. The number of benzene rings is 1. The van der Waals surface area contributed by atoms with Crippen LogP contribution in [0.25, 0.3) is 0 Å². The molecule has 0 aliphatic carbocycles. The molecule has 0 heterocycles. The highest BCUT2D eigenvalue weighted by molar-refractivity contribution is 7.80. The van der Waals surface area contributed by atoms with Gasteiger partial charge in [-0.2, -0.15) is 0 Å². The lowest BCUT2D eigenvalue weighted by Gasteiger charge is -2.36. The fourth-order valence-corrected chi connectivity index (χ4v) is 2.71. The summed E-state index contributed by atoms with van der Waals surface area (Å²) in [4.78, 5) is 2.32. The molecule has 1 aromatic carbocycles. The molecule has 0 unspecified atom stereocenters. The van der Waals surface area contributed by atoms with E-state index in [1.54, 1.807) is 0 Å². The van der Waals surface area contributed by atoms with Crippen LogP contribution in [0, 0.1) is 13.8 Å². The minimum absolute atomic E-state index is 0.455. The van der Waals surface area contributed by atoms with E-state index in [1.807, 2.05) is 0 Å². The van der Waals surface area contributed by atoms with Crippen molar-refractivity contribution < 1.29 is 0 Å². The number of nitrogens with one attached hydrogen (secondary N) is 1. The van der Waals surface area contributed by atoms with E-state index < -0.39 is 0 Å². The molecule has 2 atom stereocenters. The molecule has 1 rings (SSSR count). The highest BCUT2D eigenvalue weighted by Crippen LogP contribution is 2.18. The molecule has 1 N–H and O–H groups in total. The zero-order chi connectivity index (χ0) is 15.3. The van der Waals surface area contributed by atoms with Crippen LogP contribution in [0.4, 0.5) is 5.69 Å². The maximum atomic E-state index is 5.63. The molecule has 112 valence electrons. The minimum Gasteiger partial charge on any atom is -0.344 e. The number of thiocarbonyl (C=S) groups is 1. The predicted molar refractivity (Wildman–Crippen MR) is 93.5 cm³/mol. The van der Waals surface area contributed by atoms with Crippen molar-refractivity contribution in [3.63, 3.8) is 0 Å². The Bertz CT molecular complexity index is 446. The SMILES string of the molecule is CC[C@H](C)N(C(=S)Nc1ccc(C)c(C)c1)[C@@H](C)CC. The zero-order valence-electron chi connectivity index (χ0n) is 13.7. The average molecular weight is 292 g/mol. The van der Waals surface area contributed by atoms with Crippen molar-refractivity contribution >= 4 is 23.0 Å². The second-order valence-electron chi connectivity index (χ2n) is 5.65. The molecular weight excluding hydrogens is 264 g/mol. The lowest BCUT2D eigenvalue weighted by atomic mass is 10.1. The van der Waals surface area contributed by atoms with Gasteiger partial charge in [0.1, 0.15) is 0 Å². The molecular formula is C17H28N2S. The summed E-state index contributed by atoms with van der Waals surface area (Å²) in [5, 5.41) is 4.23. The summed E-state index contributed by atoms with van der Waals surface area (Å²) < 4.78 is 0. The number of hydrogen-bond acceptors (Lipinski definition) is 1. The van der Waals surface area contributed by atoms with Gasteiger partial charge in [0.05, 0.1) is 0 Å². The zero-order valence-corrected chi connectivity index (χ0v) is 14.5. The Hall–Kier alpha value is -1.09. The largest absolute Gasteiger partial charge is 0.344 e. The lowest BCUT2D eigenvalue weighted by Crippen LogP contribution is -2.46. The third-order valence-electron chi connectivity index (χ3n) is 4.12. The summed E-state index contributed by atoms with van der Waals surface area (Å²) in [5.74, 6) is 0. The maximum absolute atomic E-state index is 5.63. The third kappa shape index (κ3) is 4.20. The third-order valence-corrected chi connectivity index (χ3v) is 4.44. The number of hydrogen-bond donors (Lipinski definition) is 1. The molecule has 0 amide bonds. The monoisotopic (exact) mass is 292 g/mol. The topological polar surface area (TPSA) is 15.3 Å². The molecule has 0 radical (unpaired) electrons. The fourth-order valence-electron chi connectivity index (χ4n) is 2.24. The lowest BCUT2D eigenvalue weighted by molar-refractivity contribution is 0.254. The Labute approximate surface area is 129 Å². The van der Waals surface area contributed by atoms with Crippen molar-refractivity contribution in [3.8, 4) is 0 Å². The van der Waals surface area contributed by atoms with Crippen molar-refractivity contribution in [2.45, 2.75) is 66.5 Å². The van der Waals surface area contributed by atoms with Crippen LogP contribution in [0.1, 0.15) is 51.7 Å². The van der Waals surface area contributed by atoms with E-state index in [0.717, 1.165) is 23.6 Å². The Balaban J connectivity index is 2.87. The molecule has 20 heavy (non-hydrogen) atoms. The molecule has 3 heteroatoms. The second-order valence-corrected chi connectivity index (χ2v) is 6.04. The van der Waals surface area contributed by atoms with Crippen LogP contribution in [0.3, 0.4) is 0 Å². The van der Waals surface area contributed by atoms with E-state index in [1.165, 1.54) is 11.1 Å². The first-order valence-corrected chi connectivity index (χ1v) is 7.98. The van der Waals surface area contributed by atoms with Gasteiger partial charge in [0, 0.05) is 17.8 Å². The molecule has 0 aromatic heterocycles. The van der Waals surface area contributed by atoms with E-state index in [-0.39, 0.29) is 0 Å². The van der Waals surface area contributed by atoms with Crippen molar-refractivity contribution in [1.29, 1.82) is 0 Å². The molecule has 0 spiro atoms. The summed E-state index contributed by atoms with van der Waals surface area (Å²) in [5.41, 5.74) is 3.67.